The van der Waals surface area contributed by atoms with Crippen molar-refractivity contribution in [3.05, 3.63) is 35.4 Å². The van der Waals surface area contributed by atoms with Gasteiger partial charge in [-0.3, -0.25) is 0 Å². The highest BCUT2D eigenvalue weighted by molar-refractivity contribution is 5.71. The third-order valence-corrected chi connectivity index (χ3v) is 6.71. The number of hydrogen-bond acceptors (Lipinski definition) is 6. The zero-order valence-electron chi connectivity index (χ0n) is 16.3. The third-order valence-electron chi connectivity index (χ3n) is 6.71. The monoisotopic (exact) mass is 389 g/mol. The number of rotatable bonds is 2. The summed E-state index contributed by atoms with van der Waals surface area (Å²) in [7, 11) is 3.91. The molecule has 5 rings (SSSR count). The zero-order valence-corrected chi connectivity index (χ0v) is 16.3. The van der Waals surface area contributed by atoms with E-state index in [-0.39, 0.29) is 11.5 Å². The van der Waals surface area contributed by atoms with E-state index in [9.17, 15) is 9.90 Å². The number of hydrogen-bond donors (Lipinski definition) is 3. The Morgan fingerprint density at radius 2 is 2.11 bits per heavy atom. The zero-order chi connectivity index (χ0) is 20.2. The van der Waals surface area contributed by atoms with Crippen molar-refractivity contribution in [2.75, 3.05) is 20.7 Å². The largest absolute Gasteiger partial charge is 0.493 e. The summed E-state index contributed by atoms with van der Waals surface area (Å²) in [6.45, 7) is 2.25. The molecule has 1 aromatic rings. The molecule has 28 heavy (non-hydrogen) atoms. The van der Waals surface area contributed by atoms with Crippen LogP contribution in [-0.2, 0) is 16.6 Å². The Labute approximate surface area is 164 Å². The highest BCUT2D eigenvalue weighted by Gasteiger charge is 2.64. The maximum atomic E-state index is 10.6. The van der Waals surface area contributed by atoms with Crippen LogP contribution in [0.2, 0.25) is 0 Å². The van der Waals surface area contributed by atoms with Gasteiger partial charge in [0.1, 0.15) is 18.3 Å². The first-order chi connectivity index (χ1) is 13.3. The summed E-state index contributed by atoms with van der Waals surface area (Å²) in [6, 6.07) is 4.70. The minimum absolute atomic E-state index is 0.0806. The van der Waals surface area contributed by atoms with Crippen molar-refractivity contribution in [1.82, 2.24) is 4.90 Å². The first-order valence-corrected chi connectivity index (χ1v) is 9.65. The predicted octanol–water partition coefficient (Wildman–Crippen LogP) is 0.953. The van der Waals surface area contributed by atoms with Crippen LogP contribution in [0.3, 0.4) is 0 Å². The van der Waals surface area contributed by atoms with Crippen LogP contribution >= 0.6 is 0 Å². The lowest BCUT2D eigenvalue weighted by molar-refractivity contribution is -0.145. The lowest BCUT2D eigenvalue weighted by Gasteiger charge is -2.56. The summed E-state index contributed by atoms with van der Waals surface area (Å²) in [5.74, 6) is 0.905. The normalized spacial score (nSPS) is 35.2. The second kappa shape index (κ2) is 6.76. The summed E-state index contributed by atoms with van der Waals surface area (Å²) < 4.78 is 11.8. The lowest BCUT2D eigenvalue weighted by Crippen LogP contribution is -2.64. The average Bonchev–Trinajstić information content (AvgIpc) is 3.02. The van der Waals surface area contributed by atoms with Gasteiger partial charge >= 0.3 is 5.97 Å². The molecule has 2 heterocycles. The van der Waals surface area contributed by atoms with E-state index >= 15 is 0 Å². The van der Waals surface area contributed by atoms with Crippen molar-refractivity contribution < 1.29 is 29.6 Å². The van der Waals surface area contributed by atoms with Crippen LogP contribution in [0.15, 0.2) is 24.3 Å². The molecule has 1 unspecified atom stereocenters. The van der Waals surface area contributed by atoms with E-state index in [0.717, 1.165) is 30.9 Å². The second-order valence-corrected chi connectivity index (χ2v) is 8.13. The van der Waals surface area contributed by atoms with E-state index in [1.807, 2.05) is 12.1 Å². The van der Waals surface area contributed by atoms with Gasteiger partial charge in [0.25, 0.3) is 0 Å². The van der Waals surface area contributed by atoms with Crippen LogP contribution < -0.4 is 9.47 Å². The highest BCUT2D eigenvalue weighted by atomic mass is 16.5. The molecule has 0 radical (unpaired) electrons. The molecule has 0 saturated carbocycles. The van der Waals surface area contributed by atoms with Crippen LogP contribution in [0, 0.1) is 5.92 Å². The number of aliphatic carboxylic acids is 1. The van der Waals surface area contributed by atoms with Gasteiger partial charge in [-0.15, -0.1) is 0 Å². The van der Waals surface area contributed by atoms with E-state index < -0.39 is 18.2 Å². The van der Waals surface area contributed by atoms with E-state index in [1.54, 1.807) is 7.11 Å². The number of methoxy groups -OCH3 is 1. The summed E-state index contributed by atoms with van der Waals surface area (Å²) in [4.78, 5) is 11.9. The smallest absolute Gasteiger partial charge is 0.332 e. The number of carboxylic acids is 1. The van der Waals surface area contributed by atoms with Crippen molar-refractivity contribution in [2.45, 2.75) is 49.5 Å². The van der Waals surface area contributed by atoms with Crippen molar-refractivity contribution in [3.8, 4) is 11.5 Å². The van der Waals surface area contributed by atoms with Crippen molar-refractivity contribution >= 4 is 5.97 Å². The molecule has 1 fully saturated rings. The Balaban J connectivity index is 0.000000283. The average molecular weight is 389 g/mol. The van der Waals surface area contributed by atoms with Gasteiger partial charge in [0.05, 0.1) is 7.11 Å². The van der Waals surface area contributed by atoms with E-state index in [2.05, 4.69) is 24.1 Å². The molecule has 6 atom stereocenters. The Bertz CT molecular complexity index is 821. The van der Waals surface area contributed by atoms with E-state index in [0.29, 0.717) is 12.0 Å². The molecule has 3 N–H and O–H groups in total. The molecule has 152 valence electrons. The summed E-state index contributed by atoms with van der Waals surface area (Å²) in [6.07, 6.45) is 4.30. The van der Waals surface area contributed by atoms with Gasteiger partial charge in [-0.2, -0.15) is 0 Å². The molecular formula is C21H27NO6. The molecule has 7 heteroatoms. The number of aliphatic hydroxyl groups excluding tert-OH is 2. The Kier molecular flexibility index (Phi) is 4.64. The van der Waals surface area contributed by atoms with Crippen molar-refractivity contribution in [1.29, 1.82) is 0 Å². The van der Waals surface area contributed by atoms with E-state index in [1.165, 1.54) is 18.1 Å². The summed E-state index contributed by atoms with van der Waals surface area (Å²) in [5.41, 5.74) is 2.60. The van der Waals surface area contributed by atoms with E-state index in [4.69, 9.17) is 19.7 Å². The fraction of sp³-hybridized carbons (Fsp3) is 0.571. The standard InChI is InChI=1S/C18H21NO3.C3H6O3/c1-19-8-7-18-11-4-5-13(20)17(18)22-16-14(21-2)6-3-10(15(16)18)9-12(11)19;1-2(4)3(5)6/h3-6,11-13,17,20H,7-9H2,1-2H3;2,4H,1H3,(H,5,6)/t11-,12+,13-,17-,18-;/m0./s1. The first-order valence-electron chi connectivity index (χ1n) is 9.65. The van der Waals surface area contributed by atoms with Gasteiger partial charge in [-0.25, -0.2) is 4.79 Å². The minimum Gasteiger partial charge on any atom is -0.493 e. The maximum Gasteiger partial charge on any atom is 0.332 e. The van der Waals surface area contributed by atoms with Gasteiger partial charge in [-0.1, -0.05) is 18.2 Å². The molecule has 0 aromatic heterocycles. The molecule has 1 aromatic carbocycles. The number of benzene rings is 1. The van der Waals surface area contributed by atoms with Crippen LogP contribution in [0.1, 0.15) is 24.5 Å². The molecule has 1 spiro atoms. The van der Waals surface area contributed by atoms with Crippen molar-refractivity contribution in [3.63, 3.8) is 0 Å². The molecule has 7 nitrogen and oxygen atoms in total. The third kappa shape index (κ3) is 2.57. The number of carboxylic acid groups (broad SMARTS) is 1. The molecule has 2 bridgehead atoms. The summed E-state index contributed by atoms with van der Waals surface area (Å²) in [5, 5.41) is 26.3. The number of likely N-dealkylation sites (tertiary alicyclic amines) is 1. The Morgan fingerprint density at radius 1 is 1.39 bits per heavy atom. The van der Waals surface area contributed by atoms with Crippen molar-refractivity contribution in [2.24, 2.45) is 5.92 Å². The highest BCUT2D eigenvalue weighted by Crippen LogP contribution is 2.62. The number of likely N-dealkylation sites (N-methyl/N-ethyl adjacent to an activating group) is 1. The number of carbonyl (C=O) groups is 1. The van der Waals surface area contributed by atoms with Gasteiger partial charge in [-0.05, 0) is 45.0 Å². The molecule has 4 aliphatic rings. The number of nitrogens with zero attached hydrogens (tertiary/aromatic N) is 1. The maximum absolute atomic E-state index is 10.6. The van der Waals surface area contributed by atoms with Crippen LogP contribution in [0.4, 0.5) is 0 Å². The Hall–Kier alpha value is -2.09. The molecule has 2 aliphatic carbocycles. The van der Waals surface area contributed by atoms with Crippen LogP contribution in [-0.4, -0.2) is 71.2 Å². The topological polar surface area (TPSA) is 99.5 Å². The molecule has 1 saturated heterocycles. The van der Waals surface area contributed by atoms with Gasteiger partial charge in [0, 0.05) is 22.9 Å². The molecule has 0 amide bonds. The molecule has 2 aliphatic heterocycles. The number of aliphatic hydroxyl groups is 2. The lowest BCUT2D eigenvalue weighted by atomic mass is 9.53. The Morgan fingerprint density at radius 3 is 2.75 bits per heavy atom. The predicted molar refractivity (Wildman–Crippen MR) is 102 cm³/mol. The van der Waals surface area contributed by atoms with Crippen LogP contribution in [0.25, 0.3) is 0 Å². The van der Waals surface area contributed by atoms with Crippen LogP contribution in [0.5, 0.6) is 11.5 Å². The quantitative estimate of drug-likeness (QED) is 0.648. The molecular weight excluding hydrogens is 362 g/mol. The fourth-order valence-electron chi connectivity index (χ4n) is 5.39. The number of ether oxygens (including phenoxy) is 2. The first kappa shape index (κ1) is 19.2. The fourth-order valence-corrected chi connectivity index (χ4v) is 5.39. The number of piperidine rings is 1. The van der Waals surface area contributed by atoms with Gasteiger partial charge in [0.2, 0.25) is 0 Å². The second-order valence-electron chi connectivity index (χ2n) is 8.13. The van der Waals surface area contributed by atoms with Gasteiger partial charge in [0.15, 0.2) is 11.5 Å². The minimum atomic E-state index is -1.23. The van der Waals surface area contributed by atoms with Gasteiger partial charge < -0.3 is 29.7 Å². The SMILES string of the molecule is CC(O)C(=O)O.COc1ccc2c3c1O[C@H]1[C@@H](O)C=C[C@H]4[C@@H](C2)N(C)CC[C@@]341. The summed E-state index contributed by atoms with van der Waals surface area (Å²) >= 11 is 0.